The first-order valence-corrected chi connectivity index (χ1v) is 10.5. The van der Waals surface area contributed by atoms with E-state index in [9.17, 15) is 8.42 Å². The van der Waals surface area contributed by atoms with Gasteiger partial charge in [0.25, 0.3) is 15.9 Å². The lowest BCUT2D eigenvalue weighted by Gasteiger charge is -2.10. The van der Waals surface area contributed by atoms with E-state index in [-0.39, 0.29) is 22.0 Å². The van der Waals surface area contributed by atoms with Gasteiger partial charge in [-0.1, -0.05) is 53.2 Å². The Morgan fingerprint density at radius 1 is 1.00 bits per heavy atom. The Hall–Kier alpha value is -3.96. The van der Waals surface area contributed by atoms with Crippen LogP contribution in [0.2, 0.25) is 0 Å². The second-order valence-electron chi connectivity index (χ2n) is 6.58. The van der Waals surface area contributed by atoms with Crippen molar-refractivity contribution in [2.75, 3.05) is 4.72 Å². The summed E-state index contributed by atoms with van der Waals surface area (Å²) in [5.74, 6) is 0.462. The Kier molecular flexibility index (Phi) is 5.04. The second kappa shape index (κ2) is 7.81. The van der Waals surface area contributed by atoms with E-state index in [4.69, 9.17) is 9.78 Å². The van der Waals surface area contributed by atoms with Crippen molar-refractivity contribution in [3.8, 4) is 28.9 Å². The molecule has 0 saturated carbocycles. The van der Waals surface area contributed by atoms with Crippen molar-refractivity contribution < 1.29 is 12.9 Å². The highest BCUT2D eigenvalue weighted by atomic mass is 32.2. The van der Waals surface area contributed by atoms with Gasteiger partial charge in [-0.15, -0.1) is 0 Å². The summed E-state index contributed by atoms with van der Waals surface area (Å²) in [6, 6.07) is 22.2. The first kappa shape index (κ1) is 19.4. The number of sulfonamides is 1. The van der Waals surface area contributed by atoms with Gasteiger partial charge in [-0.25, -0.2) is 8.42 Å². The molecule has 8 heteroatoms. The third-order valence-electron chi connectivity index (χ3n) is 4.39. The zero-order valence-corrected chi connectivity index (χ0v) is 16.7. The predicted molar refractivity (Wildman–Crippen MR) is 112 cm³/mol. The Labute approximate surface area is 173 Å². The average Bonchev–Trinajstić information content (AvgIpc) is 3.24. The Morgan fingerprint density at radius 2 is 1.77 bits per heavy atom. The molecule has 0 radical (unpaired) electrons. The molecule has 0 aliphatic rings. The summed E-state index contributed by atoms with van der Waals surface area (Å²) in [6.07, 6.45) is 0. The molecule has 0 aliphatic carbocycles. The van der Waals surface area contributed by atoms with Gasteiger partial charge < -0.3 is 4.52 Å². The molecule has 0 fully saturated rings. The highest BCUT2D eigenvalue weighted by molar-refractivity contribution is 7.92. The topological polar surface area (TPSA) is 109 Å². The van der Waals surface area contributed by atoms with Crippen molar-refractivity contribution in [1.29, 1.82) is 5.26 Å². The molecule has 4 rings (SSSR count). The summed E-state index contributed by atoms with van der Waals surface area (Å²) in [7, 11) is -3.97. The second-order valence-corrected chi connectivity index (χ2v) is 8.23. The highest BCUT2D eigenvalue weighted by Crippen LogP contribution is 2.29. The minimum absolute atomic E-state index is 0.00790. The predicted octanol–water partition coefficient (Wildman–Crippen LogP) is 4.38. The lowest BCUT2D eigenvalue weighted by atomic mass is 10.1. The zero-order chi connectivity index (χ0) is 21.1. The van der Waals surface area contributed by atoms with E-state index in [0.29, 0.717) is 11.4 Å². The van der Waals surface area contributed by atoms with Crippen molar-refractivity contribution >= 4 is 15.7 Å². The average molecular weight is 416 g/mol. The van der Waals surface area contributed by atoms with E-state index < -0.39 is 10.0 Å². The number of aromatic nitrogens is 2. The van der Waals surface area contributed by atoms with Crippen LogP contribution in [0, 0.1) is 18.3 Å². The lowest BCUT2D eigenvalue weighted by molar-refractivity contribution is 0.431. The van der Waals surface area contributed by atoms with Crippen LogP contribution in [0.1, 0.15) is 11.1 Å². The van der Waals surface area contributed by atoms with E-state index in [1.54, 1.807) is 36.4 Å². The van der Waals surface area contributed by atoms with Crippen LogP contribution in [0.25, 0.3) is 22.8 Å². The monoisotopic (exact) mass is 416 g/mol. The van der Waals surface area contributed by atoms with Crippen molar-refractivity contribution in [2.24, 2.45) is 0 Å². The molecule has 1 aromatic heterocycles. The number of aryl methyl sites for hydroxylation is 1. The molecular formula is C22H16N4O3S. The van der Waals surface area contributed by atoms with Gasteiger partial charge in [-0.3, -0.25) is 4.72 Å². The van der Waals surface area contributed by atoms with E-state index >= 15 is 0 Å². The van der Waals surface area contributed by atoms with Gasteiger partial charge in [-0.2, -0.15) is 10.2 Å². The summed E-state index contributed by atoms with van der Waals surface area (Å²) in [6.45, 7) is 1.98. The summed E-state index contributed by atoms with van der Waals surface area (Å²) < 4.78 is 33.9. The molecule has 0 atom stereocenters. The maximum absolute atomic E-state index is 13.0. The van der Waals surface area contributed by atoms with Gasteiger partial charge in [0.15, 0.2) is 0 Å². The molecule has 0 saturated heterocycles. The molecule has 0 bridgehead atoms. The van der Waals surface area contributed by atoms with Gasteiger partial charge in [0.1, 0.15) is 4.90 Å². The molecule has 0 unspecified atom stereocenters. The summed E-state index contributed by atoms with van der Waals surface area (Å²) in [5.41, 5.74) is 2.79. The minimum atomic E-state index is -3.97. The molecule has 0 amide bonds. The van der Waals surface area contributed by atoms with E-state index in [2.05, 4.69) is 14.9 Å². The molecule has 7 nitrogen and oxygen atoms in total. The number of rotatable bonds is 5. The first-order chi connectivity index (χ1) is 14.5. The number of nitrogens with one attached hydrogen (secondary N) is 1. The van der Waals surface area contributed by atoms with Gasteiger partial charge in [-0.05, 0) is 37.3 Å². The van der Waals surface area contributed by atoms with E-state index in [1.165, 1.54) is 12.1 Å². The molecule has 30 heavy (non-hydrogen) atoms. The van der Waals surface area contributed by atoms with Gasteiger partial charge in [0.2, 0.25) is 5.82 Å². The lowest BCUT2D eigenvalue weighted by Crippen LogP contribution is -2.14. The van der Waals surface area contributed by atoms with Crippen LogP contribution in [-0.2, 0) is 10.0 Å². The van der Waals surface area contributed by atoms with Crippen LogP contribution < -0.4 is 4.72 Å². The normalized spacial score (nSPS) is 11.1. The van der Waals surface area contributed by atoms with Crippen LogP contribution in [0.3, 0.4) is 0 Å². The van der Waals surface area contributed by atoms with Crippen molar-refractivity contribution in [3.05, 3.63) is 83.9 Å². The molecule has 4 aromatic rings. The van der Waals surface area contributed by atoms with E-state index in [0.717, 1.165) is 11.1 Å². The van der Waals surface area contributed by atoms with Gasteiger partial charge >= 0.3 is 0 Å². The fraction of sp³-hybridized carbons (Fsp3) is 0.0455. The van der Waals surface area contributed by atoms with Crippen LogP contribution in [0.15, 0.2) is 82.2 Å². The maximum atomic E-state index is 13.0. The Morgan fingerprint density at radius 3 is 2.53 bits per heavy atom. The standard InChI is InChI=1S/C22H16N4O3S/c1-15-9-11-17(12-10-15)21-24-22(29-25-21)19-7-2-3-8-20(19)30(27,28)26-18-6-4-5-16(13-18)14-23/h2-13,26H,1H3. The zero-order valence-electron chi connectivity index (χ0n) is 15.9. The molecule has 0 spiro atoms. The van der Waals surface area contributed by atoms with Crippen LogP contribution >= 0.6 is 0 Å². The van der Waals surface area contributed by atoms with Crippen molar-refractivity contribution in [1.82, 2.24) is 10.1 Å². The molecule has 148 valence electrons. The van der Waals surface area contributed by atoms with E-state index in [1.807, 2.05) is 37.3 Å². The fourth-order valence-corrected chi connectivity index (χ4v) is 4.14. The van der Waals surface area contributed by atoms with Crippen LogP contribution in [0.4, 0.5) is 5.69 Å². The number of hydrogen-bond donors (Lipinski definition) is 1. The Balaban J connectivity index is 1.71. The molecule has 3 aromatic carbocycles. The molecule has 0 aliphatic heterocycles. The first-order valence-electron chi connectivity index (χ1n) is 8.99. The quantitative estimate of drug-likeness (QED) is 0.517. The third kappa shape index (κ3) is 3.92. The summed E-state index contributed by atoms with van der Waals surface area (Å²) in [5, 5.41) is 13.0. The number of anilines is 1. The highest BCUT2D eigenvalue weighted by Gasteiger charge is 2.23. The summed E-state index contributed by atoms with van der Waals surface area (Å²) >= 11 is 0. The number of benzene rings is 3. The van der Waals surface area contributed by atoms with Crippen LogP contribution in [0.5, 0.6) is 0 Å². The largest absolute Gasteiger partial charge is 0.334 e. The molecular weight excluding hydrogens is 400 g/mol. The maximum Gasteiger partial charge on any atom is 0.262 e. The molecule has 1 N–H and O–H groups in total. The smallest absolute Gasteiger partial charge is 0.262 e. The summed E-state index contributed by atoms with van der Waals surface area (Å²) in [4.78, 5) is 4.37. The third-order valence-corrected chi connectivity index (χ3v) is 5.83. The molecule has 1 heterocycles. The van der Waals surface area contributed by atoms with Crippen LogP contribution in [-0.4, -0.2) is 18.6 Å². The van der Waals surface area contributed by atoms with Gasteiger partial charge in [0, 0.05) is 5.56 Å². The fourth-order valence-electron chi connectivity index (χ4n) is 2.89. The SMILES string of the molecule is Cc1ccc(-c2noc(-c3ccccc3S(=O)(=O)Nc3cccc(C#N)c3)n2)cc1. The Bertz CT molecular complexity index is 1350. The van der Waals surface area contributed by atoms with Gasteiger partial charge in [0.05, 0.1) is 22.9 Å². The van der Waals surface area contributed by atoms with Crippen molar-refractivity contribution in [3.63, 3.8) is 0 Å². The number of nitriles is 1. The number of hydrogen-bond acceptors (Lipinski definition) is 6. The minimum Gasteiger partial charge on any atom is -0.334 e. The van der Waals surface area contributed by atoms with Crippen molar-refractivity contribution in [2.45, 2.75) is 11.8 Å². The number of nitrogens with zero attached hydrogens (tertiary/aromatic N) is 3.